The number of halogens is 1. The lowest BCUT2D eigenvalue weighted by molar-refractivity contribution is 0.538. The molecule has 2 atom stereocenters. The van der Waals surface area contributed by atoms with Gasteiger partial charge in [-0.1, -0.05) is 13.0 Å². The van der Waals surface area contributed by atoms with Crippen molar-refractivity contribution in [2.75, 3.05) is 0 Å². The van der Waals surface area contributed by atoms with Gasteiger partial charge < -0.3 is 0 Å². The first kappa shape index (κ1) is 14.0. The molecule has 0 saturated heterocycles. The van der Waals surface area contributed by atoms with Gasteiger partial charge in [0.2, 0.25) is 10.0 Å². The van der Waals surface area contributed by atoms with Gasteiger partial charge in [0.25, 0.3) is 0 Å². The van der Waals surface area contributed by atoms with Crippen LogP contribution in [0.1, 0.15) is 31.7 Å². The molecule has 1 aromatic carbocycles. The van der Waals surface area contributed by atoms with Crippen LogP contribution in [0.5, 0.6) is 0 Å². The molecule has 2 unspecified atom stereocenters. The number of hydrogen-bond donors (Lipinski definition) is 1. The predicted octanol–water partition coefficient (Wildman–Crippen LogP) is 3.22. The first-order valence-electron chi connectivity index (χ1n) is 6.17. The highest BCUT2D eigenvalue weighted by molar-refractivity contribution is 9.10. The van der Waals surface area contributed by atoms with Crippen molar-refractivity contribution in [3.8, 4) is 0 Å². The van der Waals surface area contributed by atoms with Crippen LogP contribution in [-0.4, -0.2) is 14.5 Å². The average molecular weight is 332 g/mol. The van der Waals surface area contributed by atoms with E-state index in [9.17, 15) is 8.42 Å². The molecule has 0 spiro atoms. The standard InChI is InChI=1S/C13H18BrNO2S/c1-9-3-5-11(7-9)15-18(16,17)13-6-4-10(2)8-12(13)14/h4,6,8-9,11,15H,3,5,7H2,1-2H3. The fourth-order valence-corrected chi connectivity index (χ4v) is 4.90. The van der Waals surface area contributed by atoms with E-state index in [1.54, 1.807) is 6.07 Å². The molecule has 18 heavy (non-hydrogen) atoms. The maximum Gasteiger partial charge on any atom is 0.241 e. The molecule has 0 aromatic heterocycles. The molecule has 0 radical (unpaired) electrons. The highest BCUT2D eigenvalue weighted by Crippen LogP contribution is 2.28. The molecule has 5 heteroatoms. The topological polar surface area (TPSA) is 46.2 Å². The second-order valence-corrected chi connectivity index (χ2v) is 7.71. The Morgan fingerprint density at radius 1 is 1.33 bits per heavy atom. The van der Waals surface area contributed by atoms with Crippen molar-refractivity contribution in [3.05, 3.63) is 28.2 Å². The van der Waals surface area contributed by atoms with Crippen LogP contribution in [0.25, 0.3) is 0 Å². The summed E-state index contributed by atoms with van der Waals surface area (Å²) < 4.78 is 28.0. The van der Waals surface area contributed by atoms with Crippen molar-refractivity contribution < 1.29 is 8.42 Å². The minimum absolute atomic E-state index is 0.0817. The van der Waals surface area contributed by atoms with Gasteiger partial charge in [0.15, 0.2) is 0 Å². The van der Waals surface area contributed by atoms with Gasteiger partial charge in [0.1, 0.15) is 0 Å². The highest BCUT2D eigenvalue weighted by atomic mass is 79.9. The zero-order chi connectivity index (χ0) is 13.3. The number of rotatable bonds is 3. The third-order valence-electron chi connectivity index (χ3n) is 3.39. The van der Waals surface area contributed by atoms with Gasteiger partial charge in [0, 0.05) is 10.5 Å². The lowest BCUT2D eigenvalue weighted by atomic mass is 10.1. The summed E-state index contributed by atoms with van der Waals surface area (Å²) in [4.78, 5) is 0.327. The van der Waals surface area contributed by atoms with Gasteiger partial charge >= 0.3 is 0 Å². The van der Waals surface area contributed by atoms with E-state index in [1.807, 2.05) is 19.1 Å². The van der Waals surface area contributed by atoms with E-state index in [0.29, 0.717) is 15.3 Å². The lowest BCUT2D eigenvalue weighted by Crippen LogP contribution is -2.33. The summed E-state index contributed by atoms with van der Waals surface area (Å²) in [5.74, 6) is 0.610. The van der Waals surface area contributed by atoms with E-state index < -0.39 is 10.0 Å². The fraction of sp³-hybridized carbons (Fsp3) is 0.538. The summed E-state index contributed by atoms with van der Waals surface area (Å²) in [6.45, 7) is 4.10. The molecule has 100 valence electrons. The van der Waals surface area contributed by atoms with Crippen molar-refractivity contribution in [1.29, 1.82) is 0 Å². The zero-order valence-electron chi connectivity index (χ0n) is 10.6. The van der Waals surface area contributed by atoms with Crippen LogP contribution in [0.15, 0.2) is 27.6 Å². The van der Waals surface area contributed by atoms with Crippen LogP contribution in [0.4, 0.5) is 0 Å². The average Bonchev–Trinajstić information content (AvgIpc) is 2.62. The molecule has 0 amide bonds. The lowest BCUT2D eigenvalue weighted by Gasteiger charge is -2.14. The maximum absolute atomic E-state index is 12.3. The predicted molar refractivity (Wildman–Crippen MR) is 76.0 cm³/mol. The summed E-state index contributed by atoms with van der Waals surface area (Å²) in [7, 11) is -3.41. The van der Waals surface area contributed by atoms with Crippen LogP contribution in [0.2, 0.25) is 0 Å². The van der Waals surface area contributed by atoms with Gasteiger partial charge in [0.05, 0.1) is 4.90 Å². The Labute approximate surface area is 117 Å². The summed E-state index contributed by atoms with van der Waals surface area (Å²) in [6, 6.07) is 5.38. The molecule has 2 rings (SSSR count). The largest absolute Gasteiger partial charge is 0.241 e. The summed E-state index contributed by atoms with van der Waals surface area (Å²) in [5, 5.41) is 0. The van der Waals surface area contributed by atoms with Gasteiger partial charge in [-0.3, -0.25) is 0 Å². The first-order valence-corrected chi connectivity index (χ1v) is 8.44. The highest BCUT2D eigenvalue weighted by Gasteiger charge is 2.27. The quantitative estimate of drug-likeness (QED) is 0.924. The molecular weight excluding hydrogens is 314 g/mol. The number of benzene rings is 1. The SMILES string of the molecule is Cc1ccc(S(=O)(=O)NC2CCC(C)C2)c(Br)c1. The van der Waals surface area contributed by atoms with E-state index in [0.717, 1.165) is 24.8 Å². The normalized spacial score (nSPS) is 24.4. The van der Waals surface area contributed by atoms with E-state index in [1.165, 1.54) is 0 Å². The number of hydrogen-bond acceptors (Lipinski definition) is 2. The smallest absolute Gasteiger partial charge is 0.208 e. The maximum atomic E-state index is 12.3. The second-order valence-electron chi connectivity index (χ2n) is 5.17. The third-order valence-corrected chi connectivity index (χ3v) is 5.89. The van der Waals surface area contributed by atoms with Crippen LogP contribution in [-0.2, 0) is 10.0 Å². The Kier molecular flexibility index (Phi) is 4.14. The number of aryl methyl sites for hydroxylation is 1. The molecule has 0 bridgehead atoms. The van der Waals surface area contributed by atoms with Crippen LogP contribution in [0, 0.1) is 12.8 Å². The minimum atomic E-state index is -3.41. The molecule has 1 aromatic rings. The monoisotopic (exact) mass is 331 g/mol. The number of nitrogens with one attached hydrogen (secondary N) is 1. The van der Waals surface area contributed by atoms with Crippen LogP contribution < -0.4 is 4.72 Å². The zero-order valence-corrected chi connectivity index (χ0v) is 13.0. The summed E-state index contributed by atoms with van der Waals surface area (Å²) >= 11 is 3.33. The van der Waals surface area contributed by atoms with Crippen molar-refractivity contribution in [2.24, 2.45) is 5.92 Å². The van der Waals surface area contributed by atoms with Crippen molar-refractivity contribution in [3.63, 3.8) is 0 Å². The molecule has 1 saturated carbocycles. The number of sulfonamides is 1. The summed E-state index contributed by atoms with van der Waals surface area (Å²) in [5.41, 5.74) is 1.04. The second kappa shape index (κ2) is 5.31. The van der Waals surface area contributed by atoms with Crippen molar-refractivity contribution in [2.45, 2.75) is 44.0 Å². The molecule has 1 N–H and O–H groups in total. The fourth-order valence-electron chi connectivity index (χ4n) is 2.42. The molecular formula is C13H18BrNO2S. The molecule has 1 aliphatic rings. The Bertz CT molecular complexity index is 542. The molecule has 1 fully saturated rings. The van der Waals surface area contributed by atoms with Crippen LogP contribution >= 0.6 is 15.9 Å². The van der Waals surface area contributed by atoms with E-state index in [-0.39, 0.29) is 6.04 Å². The van der Waals surface area contributed by atoms with Gasteiger partial charge in [-0.05, 0) is 65.7 Å². The molecule has 1 aliphatic carbocycles. The van der Waals surface area contributed by atoms with Gasteiger partial charge in [-0.15, -0.1) is 0 Å². The van der Waals surface area contributed by atoms with Gasteiger partial charge in [-0.25, -0.2) is 13.1 Å². The Hall–Kier alpha value is -0.390. The van der Waals surface area contributed by atoms with E-state index in [4.69, 9.17) is 0 Å². The van der Waals surface area contributed by atoms with Crippen molar-refractivity contribution in [1.82, 2.24) is 4.72 Å². The van der Waals surface area contributed by atoms with E-state index in [2.05, 4.69) is 27.6 Å². The molecule has 0 aliphatic heterocycles. The van der Waals surface area contributed by atoms with E-state index >= 15 is 0 Å². The Morgan fingerprint density at radius 3 is 2.61 bits per heavy atom. The Morgan fingerprint density at radius 2 is 2.06 bits per heavy atom. The third kappa shape index (κ3) is 3.13. The minimum Gasteiger partial charge on any atom is -0.208 e. The van der Waals surface area contributed by atoms with Crippen molar-refractivity contribution >= 4 is 26.0 Å². The Balaban J connectivity index is 2.20. The van der Waals surface area contributed by atoms with Gasteiger partial charge in [-0.2, -0.15) is 0 Å². The molecule has 3 nitrogen and oxygen atoms in total. The molecule has 0 heterocycles. The summed E-state index contributed by atoms with van der Waals surface area (Å²) in [6.07, 6.45) is 2.97. The van der Waals surface area contributed by atoms with Crippen LogP contribution in [0.3, 0.4) is 0 Å². The first-order chi connectivity index (χ1) is 8.38.